The van der Waals surface area contributed by atoms with Gasteiger partial charge in [-0.05, 0) is 31.0 Å². The van der Waals surface area contributed by atoms with Crippen molar-refractivity contribution in [1.82, 2.24) is 9.55 Å². The second kappa shape index (κ2) is 4.10. The third kappa shape index (κ3) is 1.79. The van der Waals surface area contributed by atoms with Crippen molar-refractivity contribution in [1.29, 1.82) is 0 Å². The van der Waals surface area contributed by atoms with Crippen LogP contribution in [-0.4, -0.2) is 22.8 Å². The minimum absolute atomic E-state index is 0.423. The summed E-state index contributed by atoms with van der Waals surface area (Å²) < 4.78 is 8.63. The lowest BCUT2D eigenvalue weighted by Gasteiger charge is -2.33. The highest BCUT2D eigenvalue weighted by Crippen LogP contribution is 2.38. The van der Waals surface area contributed by atoms with Crippen LogP contribution < -0.4 is 0 Å². The summed E-state index contributed by atoms with van der Waals surface area (Å²) in [6, 6.07) is 6.23. The van der Waals surface area contributed by atoms with E-state index in [0.717, 1.165) is 22.8 Å². The maximum Gasteiger partial charge on any atom is 0.112 e. The van der Waals surface area contributed by atoms with Gasteiger partial charge >= 0.3 is 0 Å². The highest BCUT2D eigenvalue weighted by molar-refractivity contribution is 9.10. The predicted octanol–water partition coefficient (Wildman–Crippen LogP) is 3.23. The molecule has 1 heterocycles. The standard InChI is InChI=1S/C13H15BrN2O/c1-16-12-7-9(14)3-4-11(12)15-13(16)8-5-10(6-8)17-2/h3-4,7-8,10H,5-6H2,1-2H3. The van der Waals surface area contributed by atoms with Gasteiger partial charge in [-0.15, -0.1) is 0 Å². The Morgan fingerprint density at radius 1 is 1.41 bits per heavy atom. The van der Waals surface area contributed by atoms with Crippen LogP contribution >= 0.6 is 15.9 Å². The van der Waals surface area contributed by atoms with Gasteiger partial charge in [-0.3, -0.25) is 0 Å². The Morgan fingerprint density at radius 3 is 2.88 bits per heavy atom. The zero-order chi connectivity index (χ0) is 12.0. The van der Waals surface area contributed by atoms with Crippen LogP contribution in [0, 0.1) is 0 Å². The van der Waals surface area contributed by atoms with E-state index in [4.69, 9.17) is 9.72 Å². The molecular formula is C13H15BrN2O. The maximum atomic E-state index is 5.33. The molecule has 0 N–H and O–H groups in total. The van der Waals surface area contributed by atoms with Crippen LogP contribution in [0.3, 0.4) is 0 Å². The lowest BCUT2D eigenvalue weighted by molar-refractivity contribution is 0.0231. The van der Waals surface area contributed by atoms with E-state index in [1.165, 1.54) is 11.3 Å². The molecule has 0 radical (unpaired) electrons. The van der Waals surface area contributed by atoms with E-state index in [9.17, 15) is 0 Å². The van der Waals surface area contributed by atoms with Gasteiger partial charge in [0, 0.05) is 24.5 Å². The zero-order valence-corrected chi connectivity index (χ0v) is 11.6. The lowest BCUT2D eigenvalue weighted by Crippen LogP contribution is -2.30. The fourth-order valence-electron chi connectivity index (χ4n) is 2.52. The maximum absolute atomic E-state index is 5.33. The van der Waals surface area contributed by atoms with Crippen LogP contribution in [0.2, 0.25) is 0 Å². The van der Waals surface area contributed by atoms with Crippen molar-refractivity contribution >= 4 is 27.0 Å². The van der Waals surface area contributed by atoms with Crippen LogP contribution in [0.5, 0.6) is 0 Å². The van der Waals surface area contributed by atoms with Crippen molar-refractivity contribution in [2.24, 2.45) is 7.05 Å². The summed E-state index contributed by atoms with van der Waals surface area (Å²) in [4.78, 5) is 4.73. The summed E-state index contributed by atoms with van der Waals surface area (Å²) in [6.07, 6.45) is 2.61. The van der Waals surface area contributed by atoms with E-state index in [1.54, 1.807) is 7.11 Å². The Balaban J connectivity index is 1.98. The highest BCUT2D eigenvalue weighted by atomic mass is 79.9. The Morgan fingerprint density at radius 2 is 2.18 bits per heavy atom. The summed E-state index contributed by atoms with van der Waals surface area (Å²) in [5.41, 5.74) is 2.27. The predicted molar refractivity (Wildman–Crippen MR) is 71.2 cm³/mol. The number of imidazole rings is 1. The SMILES string of the molecule is COC1CC(c2nc3ccc(Br)cc3n2C)C1. The van der Waals surface area contributed by atoms with Gasteiger partial charge in [0.1, 0.15) is 5.82 Å². The average molecular weight is 295 g/mol. The molecule has 4 heteroatoms. The van der Waals surface area contributed by atoms with Gasteiger partial charge in [-0.1, -0.05) is 15.9 Å². The van der Waals surface area contributed by atoms with Gasteiger partial charge in [-0.25, -0.2) is 4.98 Å². The number of aromatic nitrogens is 2. The first-order valence-electron chi connectivity index (χ1n) is 5.83. The van der Waals surface area contributed by atoms with Gasteiger partial charge in [0.15, 0.2) is 0 Å². The number of rotatable bonds is 2. The molecule has 0 amide bonds. The molecule has 3 rings (SSSR count). The number of benzene rings is 1. The largest absolute Gasteiger partial charge is 0.381 e. The van der Waals surface area contributed by atoms with E-state index in [0.29, 0.717) is 12.0 Å². The first kappa shape index (κ1) is 11.2. The number of nitrogens with zero attached hydrogens (tertiary/aromatic N) is 2. The first-order valence-corrected chi connectivity index (χ1v) is 6.63. The Bertz CT molecular complexity index is 558. The topological polar surface area (TPSA) is 27.1 Å². The second-order valence-corrected chi connectivity index (χ2v) is 5.60. The van der Waals surface area contributed by atoms with Crippen molar-refractivity contribution in [2.45, 2.75) is 24.9 Å². The summed E-state index contributed by atoms with van der Waals surface area (Å²) in [7, 11) is 3.88. The Labute approximate surface area is 109 Å². The number of methoxy groups -OCH3 is 1. The van der Waals surface area contributed by atoms with Gasteiger partial charge in [-0.2, -0.15) is 0 Å². The normalized spacial score (nSPS) is 23.9. The molecule has 1 aliphatic rings. The smallest absolute Gasteiger partial charge is 0.112 e. The van der Waals surface area contributed by atoms with Crippen LogP contribution in [0.15, 0.2) is 22.7 Å². The first-order chi connectivity index (χ1) is 8.19. The monoisotopic (exact) mass is 294 g/mol. The number of fused-ring (bicyclic) bond motifs is 1. The van der Waals surface area contributed by atoms with Gasteiger partial charge < -0.3 is 9.30 Å². The minimum atomic E-state index is 0.423. The molecule has 0 saturated heterocycles. The van der Waals surface area contributed by atoms with Gasteiger partial charge in [0.05, 0.1) is 17.1 Å². The third-order valence-corrected chi connectivity index (χ3v) is 4.16. The van der Waals surface area contributed by atoms with Crippen molar-refractivity contribution in [3.63, 3.8) is 0 Å². The van der Waals surface area contributed by atoms with Crippen LogP contribution in [0.4, 0.5) is 0 Å². The van der Waals surface area contributed by atoms with Crippen molar-refractivity contribution in [2.75, 3.05) is 7.11 Å². The molecule has 0 unspecified atom stereocenters. The molecule has 1 aromatic heterocycles. The van der Waals surface area contributed by atoms with Crippen molar-refractivity contribution < 1.29 is 4.74 Å². The van der Waals surface area contributed by atoms with Crippen LogP contribution in [-0.2, 0) is 11.8 Å². The van der Waals surface area contributed by atoms with Crippen molar-refractivity contribution in [3.8, 4) is 0 Å². The number of halogens is 1. The second-order valence-electron chi connectivity index (χ2n) is 4.69. The van der Waals surface area contributed by atoms with E-state index in [-0.39, 0.29) is 0 Å². The fraction of sp³-hybridized carbons (Fsp3) is 0.462. The number of hydrogen-bond donors (Lipinski definition) is 0. The van der Waals surface area contributed by atoms with Crippen LogP contribution in [0.1, 0.15) is 24.6 Å². The van der Waals surface area contributed by atoms with E-state index >= 15 is 0 Å². The van der Waals surface area contributed by atoms with Crippen LogP contribution in [0.25, 0.3) is 11.0 Å². The van der Waals surface area contributed by atoms with Crippen molar-refractivity contribution in [3.05, 3.63) is 28.5 Å². The molecule has 1 saturated carbocycles. The molecule has 0 bridgehead atoms. The molecule has 90 valence electrons. The summed E-state index contributed by atoms with van der Waals surface area (Å²) in [5.74, 6) is 1.74. The molecule has 3 nitrogen and oxygen atoms in total. The molecule has 1 aliphatic carbocycles. The van der Waals surface area contributed by atoms with E-state index in [1.807, 2.05) is 6.07 Å². The quantitative estimate of drug-likeness (QED) is 0.850. The van der Waals surface area contributed by atoms with Gasteiger partial charge in [0.25, 0.3) is 0 Å². The summed E-state index contributed by atoms with van der Waals surface area (Å²) >= 11 is 3.50. The molecule has 1 aromatic carbocycles. The molecule has 1 fully saturated rings. The lowest BCUT2D eigenvalue weighted by atomic mass is 9.81. The zero-order valence-electron chi connectivity index (χ0n) is 9.98. The molecule has 0 spiro atoms. The summed E-state index contributed by atoms with van der Waals surface area (Å²) in [5, 5.41) is 0. The minimum Gasteiger partial charge on any atom is -0.381 e. The summed E-state index contributed by atoms with van der Waals surface area (Å²) in [6.45, 7) is 0. The third-order valence-electron chi connectivity index (χ3n) is 3.67. The van der Waals surface area contributed by atoms with E-state index < -0.39 is 0 Å². The Kier molecular flexibility index (Phi) is 2.71. The average Bonchev–Trinajstić information content (AvgIpc) is 2.56. The molecule has 2 aromatic rings. The molecule has 17 heavy (non-hydrogen) atoms. The molecule has 0 atom stereocenters. The number of hydrogen-bond acceptors (Lipinski definition) is 2. The number of ether oxygens (including phenoxy) is 1. The Hall–Kier alpha value is -0.870. The molecule has 0 aliphatic heterocycles. The highest BCUT2D eigenvalue weighted by Gasteiger charge is 2.33. The van der Waals surface area contributed by atoms with Gasteiger partial charge in [0.2, 0.25) is 0 Å². The number of aryl methyl sites for hydroxylation is 1. The van der Waals surface area contributed by atoms with E-state index in [2.05, 4.69) is 39.7 Å². The fourth-order valence-corrected chi connectivity index (χ4v) is 2.86. The molecular weight excluding hydrogens is 280 g/mol.